The molecule has 0 aromatic carbocycles. The summed E-state index contributed by atoms with van der Waals surface area (Å²) in [4.78, 5) is 17.4. The zero-order valence-corrected chi connectivity index (χ0v) is 11.3. The molecule has 0 radical (unpaired) electrons. The molecule has 0 atom stereocenters. The van der Waals surface area contributed by atoms with Crippen LogP contribution in [0.5, 0.6) is 5.75 Å². The van der Waals surface area contributed by atoms with Gasteiger partial charge in [0.05, 0.1) is 23.2 Å². The molecule has 0 spiro atoms. The highest BCUT2D eigenvalue weighted by Gasteiger charge is 2.07. The number of nitrogens with one attached hydrogen (secondary N) is 1. The fourth-order valence-corrected chi connectivity index (χ4v) is 2.31. The lowest BCUT2D eigenvalue weighted by Crippen LogP contribution is -2.22. The second-order valence-corrected chi connectivity index (χ2v) is 5.01. The van der Waals surface area contributed by atoms with E-state index in [0.717, 1.165) is 9.75 Å². The van der Waals surface area contributed by atoms with Crippen LogP contribution in [0.15, 0.2) is 30.6 Å². The lowest BCUT2D eigenvalue weighted by atomic mass is 10.2. The van der Waals surface area contributed by atoms with Gasteiger partial charge in [0.25, 0.3) is 5.91 Å². The minimum absolute atomic E-state index is 0.0460. The van der Waals surface area contributed by atoms with Crippen LogP contribution in [0.1, 0.15) is 20.1 Å². The fraction of sp³-hybridized carbons (Fsp3) is 0.143. The van der Waals surface area contributed by atoms with Crippen LogP contribution in [0.3, 0.4) is 0 Å². The van der Waals surface area contributed by atoms with Gasteiger partial charge in [0.2, 0.25) is 0 Å². The number of hydrogen-bond acceptors (Lipinski definition) is 5. The number of aliphatic hydroxyl groups excluding tert-OH is 1. The van der Waals surface area contributed by atoms with Crippen molar-refractivity contribution < 1.29 is 15.0 Å². The van der Waals surface area contributed by atoms with Crippen molar-refractivity contribution in [3.8, 4) is 17.6 Å². The minimum Gasteiger partial charge on any atom is -0.506 e. The van der Waals surface area contributed by atoms with Crippen molar-refractivity contribution >= 4 is 17.2 Å². The summed E-state index contributed by atoms with van der Waals surface area (Å²) >= 11 is 1.45. The first kappa shape index (κ1) is 14.1. The van der Waals surface area contributed by atoms with Gasteiger partial charge in [-0.15, -0.1) is 11.3 Å². The van der Waals surface area contributed by atoms with E-state index in [4.69, 9.17) is 5.11 Å². The van der Waals surface area contributed by atoms with Gasteiger partial charge in [0.1, 0.15) is 12.4 Å². The number of carbonyl (C=O) groups excluding carboxylic acids is 1. The Morgan fingerprint density at radius 2 is 2.25 bits per heavy atom. The predicted octanol–water partition coefficient (Wildman–Crippen LogP) is 1.12. The smallest absolute Gasteiger partial charge is 0.253 e. The maximum Gasteiger partial charge on any atom is 0.253 e. The molecule has 0 aliphatic carbocycles. The highest BCUT2D eigenvalue weighted by Crippen LogP contribution is 2.15. The van der Waals surface area contributed by atoms with E-state index in [1.54, 1.807) is 0 Å². The third kappa shape index (κ3) is 3.82. The number of aliphatic hydroxyl groups is 1. The third-order valence-corrected chi connectivity index (χ3v) is 3.36. The van der Waals surface area contributed by atoms with Crippen molar-refractivity contribution in [3.05, 3.63) is 45.9 Å². The molecule has 2 rings (SSSR count). The molecule has 2 heterocycles. The summed E-state index contributed by atoms with van der Waals surface area (Å²) in [6.45, 7) is 0.203. The van der Waals surface area contributed by atoms with Crippen LogP contribution in [0.4, 0.5) is 0 Å². The summed E-state index contributed by atoms with van der Waals surface area (Å²) in [6.07, 6.45) is 2.66. The standard InChI is InChI=1S/C14H12N2O3S/c17-5-1-2-12-3-4-13(20-12)9-16-14(19)10-6-11(18)8-15-7-10/h3-4,6-8,17-18H,5,9H2,(H,16,19). The molecule has 3 N–H and O–H groups in total. The molecule has 0 saturated carbocycles. The number of carbonyl (C=O) groups is 1. The molecule has 0 bridgehead atoms. The summed E-state index contributed by atoms with van der Waals surface area (Å²) in [5, 5.41) is 20.6. The van der Waals surface area contributed by atoms with E-state index >= 15 is 0 Å². The first-order valence-corrected chi connectivity index (χ1v) is 6.61. The Balaban J connectivity index is 1.95. The van der Waals surface area contributed by atoms with Crippen molar-refractivity contribution in [2.75, 3.05) is 6.61 Å². The summed E-state index contributed by atoms with van der Waals surface area (Å²) in [7, 11) is 0. The summed E-state index contributed by atoms with van der Waals surface area (Å²) < 4.78 is 0. The van der Waals surface area contributed by atoms with Crippen molar-refractivity contribution in [1.82, 2.24) is 10.3 Å². The second kappa shape index (κ2) is 6.70. The van der Waals surface area contributed by atoms with Crippen LogP contribution in [0, 0.1) is 11.8 Å². The van der Waals surface area contributed by atoms with Crippen LogP contribution in [-0.4, -0.2) is 27.7 Å². The van der Waals surface area contributed by atoms with Gasteiger partial charge in [0.15, 0.2) is 0 Å². The van der Waals surface area contributed by atoms with Gasteiger partial charge in [-0.1, -0.05) is 11.8 Å². The number of thiophene rings is 1. The van der Waals surface area contributed by atoms with E-state index in [9.17, 15) is 9.90 Å². The lowest BCUT2D eigenvalue weighted by Gasteiger charge is -2.03. The van der Waals surface area contributed by atoms with Crippen LogP contribution in [0.2, 0.25) is 0 Å². The second-order valence-electron chi connectivity index (χ2n) is 3.84. The molecule has 0 aliphatic rings. The Kier molecular flexibility index (Phi) is 4.71. The minimum atomic E-state index is -0.301. The average molecular weight is 288 g/mol. The Labute approximate surface area is 119 Å². The Hall–Kier alpha value is -2.36. The van der Waals surface area contributed by atoms with Crippen LogP contribution in [0.25, 0.3) is 0 Å². The van der Waals surface area contributed by atoms with E-state index in [-0.39, 0.29) is 18.3 Å². The number of pyridine rings is 1. The van der Waals surface area contributed by atoms with Gasteiger partial charge < -0.3 is 15.5 Å². The number of rotatable bonds is 3. The van der Waals surface area contributed by atoms with E-state index in [2.05, 4.69) is 22.1 Å². The average Bonchev–Trinajstić information content (AvgIpc) is 2.90. The topological polar surface area (TPSA) is 82.5 Å². The number of amides is 1. The summed E-state index contributed by atoms with van der Waals surface area (Å²) in [6, 6.07) is 5.06. The monoisotopic (exact) mass is 288 g/mol. The molecule has 0 saturated heterocycles. The first-order chi connectivity index (χ1) is 9.69. The number of nitrogens with zero attached hydrogens (tertiary/aromatic N) is 1. The molecule has 0 aliphatic heterocycles. The van der Waals surface area contributed by atoms with Crippen LogP contribution >= 0.6 is 11.3 Å². The number of aromatic nitrogens is 1. The molecule has 2 aromatic rings. The van der Waals surface area contributed by atoms with Crippen molar-refractivity contribution in [1.29, 1.82) is 0 Å². The number of aromatic hydroxyl groups is 1. The molecule has 0 fully saturated rings. The predicted molar refractivity (Wildman–Crippen MR) is 75.4 cm³/mol. The molecular formula is C14H12N2O3S. The Bertz CT molecular complexity index is 670. The first-order valence-electron chi connectivity index (χ1n) is 5.79. The SMILES string of the molecule is O=C(NCc1ccc(C#CCO)s1)c1cncc(O)c1. The normalized spacial score (nSPS) is 9.65. The van der Waals surface area contributed by atoms with Gasteiger partial charge in [-0.2, -0.15) is 0 Å². The van der Waals surface area contributed by atoms with Gasteiger partial charge >= 0.3 is 0 Å². The van der Waals surface area contributed by atoms with Crippen molar-refractivity contribution in [3.63, 3.8) is 0 Å². The highest BCUT2D eigenvalue weighted by atomic mass is 32.1. The van der Waals surface area contributed by atoms with Gasteiger partial charge in [-0.25, -0.2) is 0 Å². The van der Waals surface area contributed by atoms with E-state index in [1.165, 1.54) is 29.8 Å². The fourth-order valence-electron chi connectivity index (χ4n) is 1.49. The molecule has 2 aromatic heterocycles. The van der Waals surface area contributed by atoms with E-state index in [0.29, 0.717) is 12.1 Å². The molecule has 1 amide bonds. The zero-order valence-electron chi connectivity index (χ0n) is 10.5. The lowest BCUT2D eigenvalue weighted by molar-refractivity contribution is 0.0950. The summed E-state index contributed by atoms with van der Waals surface area (Å²) in [5.74, 6) is 5.02. The molecule has 0 unspecified atom stereocenters. The molecule has 6 heteroatoms. The van der Waals surface area contributed by atoms with Crippen molar-refractivity contribution in [2.24, 2.45) is 0 Å². The maximum absolute atomic E-state index is 11.8. The zero-order chi connectivity index (χ0) is 14.4. The van der Waals surface area contributed by atoms with Gasteiger partial charge in [-0.3, -0.25) is 9.78 Å². The van der Waals surface area contributed by atoms with Crippen LogP contribution in [-0.2, 0) is 6.54 Å². The molecule has 102 valence electrons. The Morgan fingerprint density at radius 3 is 3.00 bits per heavy atom. The van der Waals surface area contributed by atoms with Gasteiger partial charge in [-0.05, 0) is 18.2 Å². The Morgan fingerprint density at radius 1 is 1.40 bits per heavy atom. The molecule has 20 heavy (non-hydrogen) atoms. The summed E-state index contributed by atoms with van der Waals surface area (Å²) in [5.41, 5.74) is 0.307. The third-order valence-electron chi connectivity index (χ3n) is 2.36. The maximum atomic E-state index is 11.8. The molecule has 5 nitrogen and oxygen atoms in total. The van der Waals surface area contributed by atoms with Gasteiger partial charge in [0, 0.05) is 11.1 Å². The highest BCUT2D eigenvalue weighted by molar-refractivity contribution is 7.12. The van der Waals surface area contributed by atoms with E-state index in [1.807, 2.05) is 12.1 Å². The van der Waals surface area contributed by atoms with Crippen molar-refractivity contribution in [2.45, 2.75) is 6.54 Å². The van der Waals surface area contributed by atoms with Crippen LogP contribution < -0.4 is 5.32 Å². The molecular weight excluding hydrogens is 276 g/mol. The largest absolute Gasteiger partial charge is 0.506 e. The van der Waals surface area contributed by atoms with E-state index < -0.39 is 0 Å². The quantitative estimate of drug-likeness (QED) is 0.739. The number of hydrogen-bond donors (Lipinski definition) is 3.